The molecule has 2 aliphatic rings. The molecule has 1 heterocycles. The van der Waals surface area contributed by atoms with E-state index in [0.717, 1.165) is 50.6 Å². The Morgan fingerprint density at radius 1 is 1.15 bits per heavy atom. The molecule has 3 rings (SSSR count). The van der Waals surface area contributed by atoms with Gasteiger partial charge in [-0.1, -0.05) is 6.07 Å². The van der Waals surface area contributed by atoms with Gasteiger partial charge in [0.15, 0.2) is 0 Å². The number of hydrogen-bond acceptors (Lipinski definition) is 3. The minimum atomic E-state index is -0.101. The second kappa shape index (κ2) is 5.83. The van der Waals surface area contributed by atoms with Crippen molar-refractivity contribution in [2.75, 3.05) is 6.54 Å². The molecule has 1 fully saturated rings. The van der Waals surface area contributed by atoms with Gasteiger partial charge in [-0.25, -0.2) is 0 Å². The number of benzene rings is 1. The monoisotopic (exact) mass is 274 g/mol. The fraction of sp³-hybridized carbons (Fsp3) is 0.562. The molecule has 1 aromatic rings. The summed E-state index contributed by atoms with van der Waals surface area (Å²) >= 11 is 0. The number of hydrogen-bond donors (Lipinski definition) is 3. The van der Waals surface area contributed by atoms with Gasteiger partial charge in [0.25, 0.3) is 0 Å². The molecule has 2 atom stereocenters. The second-order valence-corrected chi connectivity index (χ2v) is 5.83. The first kappa shape index (κ1) is 13.4. The highest BCUT2D eigenvalue weighted by atomic mass is 16.3. The van der Waals surface area contributed by atoms with Crippen LogP contribution >= 0.6 is 0 Å². The lowest BCUT2D eigenvalue weighted by molar-refractivity contribution is -0.123. The van der Waals surface area contributed by atoms with Crippen LogP contribution in [0, 0.1) is 0 Å². The van der Waals surface area contributed by atoms with Crippen LogP contribution in [0.15, 0.2) is 18.2 Å². The van der Waals surface area contributed by atoms with E-state index in [4.69, 9.17) is 0 Å². The van der Waals surface area contributed by atoms with E-state index in [1.165, 1.54) is 5.56 Å². The van der Waals surface area contributed by atoms with Crippen LogP contribution in [0.25, 0.3) is 0 Å². The molecule has 1 aliphatic heterocycles. The molecule has 0 radical (unpaired) electrons. The molecule has 0 bridgehead atoms. The van der Waals surface area contributed by atoms with Crippen molar-refractivity contribution in [1.82, 2.24) is 10.6 Å². The molecule has 1 aromatic carbocycles. The summed E-state index contributed by atoms with van der Waals surface area (Å²) in [6, 6.07) is 5.68. The number of nitrogens with one attached hydrogen (secondary N) is 2. The molecule has 0 spiro atoms. The van der Waals surface area contributed by atoms with Crippen LogP contribution in [0.4, 0.5) is 0 Å². The molecule has 3 N–H and O–H groups in total. The van der Waals surface area contributed by atoms with Crippen LogP contribution in [-0.4, -0.2) is 23.6 Å². The smallest absolute Gasteiger partial charge is 0.237 e. The highest BCUT2D eigenvalue weighted by Crippen LogP contribution is 2.32. The summed E-state index contributed by atoms with van der Waals surface area (Å²) in [5.74, 6) is 0.428. The van der Waals surface area contributed by atoms with E-state index >= 15 is 0 Å². The second-order valence-electron chi connectivity index (χ2n) is 5.83. The maximum absolute atomic E-state index is 12.0. The lowest BCUT2D eigenvalue weighted by Crippen LogP contribution is -2.44. The first-order chi connectivity index (χ1) is 9.74. The SMILES string of the molecule is O=C1NCCCCC1NC1CCCc2ccc(O)cc21. The van der Waals surface area contributed by atoms with E-state index in [-0.39, 0.29) is 18.0 Å². The Kier molecular flexibility index (Phi) is 3.92. The molecule has 1 saturated heterocycles. The minimum absolute atomic E-state index is 0.101. The van der Waals surface area contributed by atoms with Gasteiger partial charge in [-0.15, -0.1) is 0 Å². The van der Waals surface area contributed by atoms with Gasteiger partial charge in [0.2, 0.25) is 5.91 Å². The van der Waals surface area contributed by atoms with E-state index < -0.39 is 0 Å². The van der Waals surface area contributed by atoms with Gasteiger partial charge in [-0.2, -0.15) is 0 Å². The van der Waals surface area contributed by atoms with E-state index in [2.05, 4.69) is 10.6 Å². The highest BCUT2D eigenvalue weighted by molar-refractivity contribution is 5.82. The molecule has 2 unspecified atom stereocenters. The maximum atomic E-state index is 12.0. The average Bonchev–Trinajstić information content (AvgIpc) is 2.65. The number of phenolic OH excluding ortho intramolecular Hbond substituents is 1. The number of rotatable bonds is 2. The zero-order valence-electron chi connectivity index (χ0n) is 11.7. The Balaban J connectivity index is 1.78. The Hall–Kier alpha value is -1.55. The van der Waals surface area contributed by atoms with Crippen molar-refractivity contribution in [3.8, 4) is 5.75 Å². The standard InChI is InChI=1S/C16H22N2O2/c19-12-8-7-11-4-3-6-14(13(11)10-12)18-15-5-1-2-9-17-16(15)20/h7-8,10,14-15,18-19H,1-6,9H2,(H,17,20). The molecule has 20 heavy (non-hydrogen) atoms. The molecule has 0 aromatic heterocycles. The minimum Gasteiger partial charge on any atom is -0.508 e. The third-order valence-electron chi connectivity index (χ3n) is 4.38. The fourth-order valence-corrected chi connectivity index (χ4v) is 3.30. The third kappa shape index (κ3) is 2.80. The summed E-state index contributed by atoms with van der Waals surface area (Å²) in [6.45, 7) is 0.791. The topological polar surface area (TPSA) is 61.4 Å². The first-order valence-corrected chi connectivity index (χ1v) is 7.59. The number of aryl methyl sites for hydroxylation is 1. The van der Waals surface area contributed by atoms with Crippen molar-refractivity contribution in [2.24, 2.45) is 0 Å². The van der Waals surface area contributed by atoms with Crippen LogP contribution in [0.5, 0.6) is 5.75 Å². The lowest BCUT2D eigenvalue weighted by atomic mass is 9.87. The molecular weight excluding hydrogens is 252 g/mol. The van der Waals surface area contributed by atoms with Crippen LogP contribution in [0.2, 0.25) is 0 Å². The third-order valence-corrected chi connectivity index (χ3v) is 4.38. The zero-order chi connectivity index (χ0) is 13.9. The average molecular weight is 274 g/mol. The quantitative estimate of drug-likeness (QED) is 0.773. The summed E-state index contributed by atoms with van der Waals surface area (Å²) in [4.78, 5) is 12.0. The molecule has 1 amide bonds. The van der Waals surface area contributed by atoms with Gasteiger partial charge in [0.1, 0.15) is 5.75 Å². The number of phenols is 1. The van der Waals surface area contributed by atoms with Crippen molar-refractivity contribution in [3.05, 3.63) is 29.3 Å². The largest absolute Gasteiger partial charge is 0.508 e. The molecule has 4 heteroatoms. The predicted molar refractivity (Wildman–Crippen MR) is 77.6 cm³/mol. The number of carbonyl (C=O) groups excluding carboxylic acids is 1. The van der Waals surface area contributed by atoms with Crippen molar-refractivity contribution in [2.45, 2.75) is 50.6 Å². The van der Waals surface area contributed by atoms with Crippen LogP contribution in [-0.2, 0) is 11.2 Å². The van der Waals surface area contributed by atoms with Crippen LogP contribution in [0.3, 0.4) is 0 Å². The maximum Gasteiger partial charge on any atom is 0.237 e. The predicted octanol–water partition coefficient (Wildman–Crippen LogP) is 2.03. The summed E-state index contributed by atoms with van der Waals surface area (Å²) in [6.07, 6.45) is 6.26. The van der Waals surface area contributed by atoms with Crippen molar-refractivity contribution in [3.63, 3.8) is 0 Å². The number of carbonyl (C=O) groups is 1. The van der Waals surface area contributed by atoms with Crippen LogP contribution < -0.4 is 10.6 Å². The fourth-order valence-electron chi connectivity index (χ4n) is 3.30. The van der Waals surface area contributed by atoms with Gasteiger partial charge in [-0.3, -0.25) is 10.1 Å². The van der Waals surface area contributed by atoms with E-state index in [1.807, 2.05) is 12.1 Å². The first-order valence-electron chi connectivity index (χ1n) is 7.59. The van der Waals surface area contributed by atoms with Crippen molar-refractivity contribution in [1.29, 1.82) is 0 Å². The number of fused-ring (bicyclic) bond motifs is 1. The summed E-state index contributed by atoms with van der Waals surface area (Å²) in [7, 11) is 0. The zero-order valence-corrected chi connectivity index (χ0v) is 11.7. The molecular formula is C16H22N2O2. The normalized spacial score (nSPS) is 26.5. The summed E-state index contributed by atoms with van der Waals surface area (Å²) < 4.78 is 0. The van der Waals surface area contributed by atoms with Gasteiger partial charge in [0.05, 0.1) is 6.04 Å². The van der Waals surface area contributed by atoms with E-state index in [9.17, 15) is 9.90 Å². The van der Waals surface area contributed by atoms with E-state index in [0.29, 0.717) is 5.75 Å². The summed E-state index contributed by atoms with van der Waals surface area (Å²) in [5, 5.41) is 16.2. The summed E-state index contributed by atoms with van der Waals surface area (Å²) in [5.41, 5.74) is 2.45. The molecule has 4 nitrogen and oxygen atoms in total. The molecule has 1 aliphatic carbocycles. The Labute approximate surface area is 119 Å². The number of aromatic hydroxyl groups is 1. The van der Waals surface area contributed by atoms with Crippen molar-refractivity contribution < 1.29 is 9.90 Å². The van der Waals surface area contributed by atoms with Crippen molar-refractivity contribution >= 4 is 5.91 Å². The lowest BCUT2D eigenvalue weighted by Gasteiger charge is -2.29. The van der Waals surface area contributed by atoms with E-state index in [1.54, 1.807) is 6.07 Å². The Morgan fingerprint density at radius 2 is 2.00 bits per heavy atom. The number of amides is 1. The highest BCUT2D eigenvalue weighted by Gasteiger charge is 2.27. The molecule has 0 saturated carbocycles. The van der Waals surface area contributed by atoms with Gasteiger partial charge in [0, 0.05) is 12.6 Å². The van der Waals surface area contributed by atoms with Gasteiger partial charge in [-0.05, 0) is 61.8 Å². The van der Waals surface area contributed by atoms with Crippen LogP contribution in [0.1, 0.15) is 49.3 Å². The molecule has 108 valence electrons. The van der Waals surface area contributed by atoms with Gasteiger partial charge < -0.3 is 10.4 Å². The van der Waals surface area contributed by atoms with Gasteiger partial charge >= 0.3 is 0 Å². The Bertz CT molecular complexity index is 501. The Morgan fingerprint density at radius 3 is 2.90 bits per heavy atom.